The second-order valence-electron chi connectivity index (χ2n) is 8.65. The van der Waals surface area contributed by atoms with Gasteiger partial charge in [0, 0.05) is 57.9 Å². The number of aromatic nitrogens is 2. The molecule has 1 saturated heterocycles. The van der Waals surface area contributed by atoms with Crippen molar-refractivity contribution in [2.75, 3.05) is 13.1 Å². The van der Waals surface area contributed by atoms with Crippen LogP contribution in [0.25, 0.3) is 0 Å². The van der Waals surface area contributed by atoms with Crippen LogP contribution in [0, 0.1) is 11.2 Å². The lowest BCUT2D eigenvalue weighted by atomic mass is 9.74. The first-order valence-corrected chi connectivity index (χ1v) is 10.8. The highest BCUT2D eigenvalue weighted by Gasteiger charge is 2.46. The highest BCUT2D eigenvalue weighted by molar-refractivity contribution is 6.01. The molecule has 2 amide bonds. The Labute approximate surface area is 186 Å². The van der Waals surface area contributed by atoms with Gasteiger partial charge < -0.3 is 19.6 Å². The van der Waals surface area contributed by atoms with Crippen molar-refractivity contribution < 1.29 is 18.8 Å². The number of aryl methyl sites for hydroxylation is 1. The molecule has 9 heteroatoms. The lowest BCUT2D eigenvalue weighted by Gasteiger charge is -2.42. The Hall–Kier alpha value is -3.23. The second kappa shape index (κ2) is 9.10. The number of nitrogens with one attached hydrogen (secondary N) is 1. The van der Waals surface area contributed by atoms with E-state index in [4.69, 9.17) is 4.84 Å². The Kier molecular flexibility index (Phi) is 6.25. The molecule has 1 fully saturated rings. The molecule has 0 aliphatic carbocycles. The van der Waals surface area contributed by atoms with Gasteiger partial charge in [-0.15, -0.1) is 0 Å². The van der Waals surface area contributed by atoms with Crippen molar-refractivity contribution in [1.82, 2.24) is 19.8 Å². The van der Waals surface area contributed by atoms with Gasteiger partial charge in [0.1, 0.15) is 17.7 Å². The molecule has 2 aliphatic heterocycles. The van der Waals surface area contributed by atoms with Crippen LogP contribution in [0.15, 0.2) is 41.8 Å². The van der Waals surface area contributed by atoms with E-state index < -0.39 is 5.41 Å². The van der Waals surface area contributed by atoms with E-state index in [1.807, 2.05) is 17.8 Å². The summed E-state index contributed by atoms with van der Waals surface area (Å²) in [6.07, 6.45) is 5.49. The molecular weight excluding hydrogens is 413 g/mol. The van der Waals surface area contributed by atoms with Crippen LogP contribution in [0.3, 0.4) is 0 Å². The van der Waals surface area contributed by atoms with Gasteiger partial charge in [0.25, 0.3) is 0 Å². The first-order valence-electron chi connectivity index (χ1n) is 10.8. The molecule has 0 spiro atoms. The normalized spacial score (nSPS) is 22.9. The summed E-state index contributed by atoms with van der Waals surface area (Å²) in [7, 11) is 1.88. The molecule has 0 bridgehead atoms. The van der Waals surface area contributed by atoms with Crippen LogP contribution >= 0.6 is 0 Å². The van der Waals surface area contributed by atoms with Crippen LogP contribution in [0.2, 0.25) is 0 Å². The molecule has 2 aliphatic rings. The molecule has 1 N–H and O–H groups in total. The monoisotopic (exact) mass is 441 g/mol. The summed E-state index contributed by atoms with van der Waals surface area (Å²) in [5, 5.41) is 7.18. The van der Waals surface area contributed by atoms with E-state index in [2.05, 4.69) is 15.5 Å². The molecule has 3 heterocycles. The molecule has 4 rings (SSSR count). The van der Waals surface area contributed by atoms with Gasteiger partial charge >= 0.3 is 0 Å². The predicted octanol–water partition coefficient (Wildman–Crippen LogP) is 2.39. The number of halogens is 1. The third-order valence-corrected chi connectivity index (χ3v) is 6.34. The number of benzene rings is 1. The number of carbonyl (C=O) groups is 2. The number of piperidine rings is 1. The van der Waals surface area contributed by atoms with E-state index in [9.17, 15) is 14.0 Å². The SMILES string of the molecule is CC(=O)N1CCC[C@](C[C@@H]2CC(c3cccc(F)c3)=NO2)(C(=O)NCc2nccn2C)C1. The summed E-state index contributed by atoms with van der Waals surface area (Å²) in [4.78, 5) is 37.2. The predicted molar refractivity (Wildman–Crippen MR) is 116 cm³/mol. The standard InChI is InChI=1S/C23H28FN5O3/c1-16(30)29-9-4-7-23(15-29,22(31)26-14-21-25-8-10-28(21)2)13-19-12-20(27-32-19)17-5-3-6-18(24)11-17/h3,5-6,8,10-11,19H,4,7,9,12-15H2,1-2H3,(H,26,31)/t19-,23+/m0/s1. The molecule has 0 unspecified atom stereocenters. The number of oxime groups is 1. The van der Waals surface area contributed by atoms with Gasteiger partial charge in [0.2, 0.25) is 11.8 Å². The van der Waals surface area contributed by atoms with Crippen LogP contribution in [0.1, 0.15) is 44.0 Å². The Morgan fingerprint density at radius 3 is 2.94 bits per heavy atom. The Bertz CT molecular complexity index is 1040. The lowest BCUT2D eigenvalue weighted by Crippen LogP contribution is -2.54. The molecule has 8 nitrogen and oxygen atoms in total. The second-order valence-corrected chi connectivity index (χ2v) is 8.65. The summed E-state index contributed by atoms with van der Waals surface area (Å²) in [5.74, 6) is 0.258. The molecule has 2 aromatic rings. The minimum atomic E-state index is -0.785. The van der Waals surface area contributed by atoms with E-state index in [0.717, 1.165) is 12.2 Å². The zero-order valence-corrected chi connectivity index (χ0v) is 18.4. The maximum atomic E-state index is 13.6. The fourth-order valence-corrected chi connectivity index (χ4v) is 4.57. The molecule has 0 saturated carbocycles. The summed E-state index contributed by atoms with van der Waals surface area (Å²) >= 11 is 0. The van der Waals surface area contributed by atoms with Gasteiger partial charge in [-0.3, -0.25) is 9.59 Å². The van der Waals surface area contributed by atoms with Crippen molar-refractivity contribution >= 4 is 17.5 Å². The molecular formula is C23H28FN5O3. The van der Waals surface area contributed by atoms with E-state index in [0.29, 0.717) is 50.2 Å². The van der Waals surface area contributed by atoms with Gasteiger partial charge in [-0.25, -0.2) is 9.37 Å². The third kappa shape index (κ3) is 4.66. The average molecular weight is 442 g/mol. The van der Waals surface area contributed by atoms with Crippen molar-refractivity contribution in [2.24, 2.45) is 17.6 Å². The number of nitrogens with zero attached hydrogens (tertiary/aromatic N) is 4. The third-order valence-electron chi connectivity index (χ3n) is 6.34. The highest BCUT2D eigenvalue weighted by Crippen LogP contribution is 2.38. The summed E-state index contributed by atoms with van der Waals surface area (Å²) in [5.41, 5.74) is 0.555. The van der Waals surface area contributed by atoms with Crippen LogP contribution in [0.5, 0.6) is 0 Å². The zero-order valence-electron chi connectivity index (χ0n) is 18.4. The molecule has 2 atom stereocenters. The number of hydrogen-bond acceptors (Lipinski definition) is 5. The number of amides is 2. The first kappa shape index (κ1) is 22.0. The van der Waals surface area contributed by atoms with Crippen molar-refractivity contribution in [3.63, 3.8) is 0 Å². The smallest absolute Gasteiger partial charge is 0.228 e. The van der Waals surface area contributed by atoms with Crippen LogP contribution in [0.4, 0.5) is 4.39 Å². The van der Waals surface area contributed by atoms with Crippen LogP contribution < -0.4 is 5.32 Å². The zero-order chi connectivity index (χ0) is 22.7. The Morgan fingerprint density at radius 1 is 1.38 bits per heavy atom. The fourth-order valence-electron chi connectivity index (χ4n) is 4.57. The Balaban J connectivity index is 1.49. The number of carbonyl (C=O) groups excluding carboxylic acids is 2. The van der Waals surface area contributed by atoms with Gasteiger partial charge in [-0.05, 0) is 25.0 Å². The van der Waals surface area contributed by atoms with Gasteiger partial charge in [0.05, 0.1) is 17.7 Å². The van der Waals surface area contributed by atoms with Gasteiger partial charge in [-0.1, -0.05) is 17.3 Å². The summed E-state index contributed by atoms with van der Waals surface area (Å²) in [6.45, 7) is 2.81. The molecule has 170 valence electrons. The Morgan fingerprint density at radius 2 is 2.22 bits per heavy atom. The average Bonchev–Trinajstić information content (AvgIpc) is 3.41. The number of imidazole rings is 1. The van der Waals surface area contributed by atoms with Gasteiger partial charge in [-0.2, -0.15) is 0 Å². The number of hydrogen-bond donors (Lipinski definition) is 1. The lowest BCUT2D eigenvalue weighted by molar-refractivity contribution is -0.143. The largest absolute Gasteiger partial charge is 0.392 e. The molecule has 1 aromatic carbocycles. The molecule has 0 radical (unpaired) electrons. The van der Waals surface area contributed by atoms with Crippen molar-refractivity contribution in [2.45, 2.75) is 45.3 Å². The topological polar surface area (TPSA) is 88.8 Å². The quantitative estimate of drug-likeness (QED) is 0.746. The molecule has 1 aromatic heterocycles. The fraction of sp³-hybridized carbons (Fsp3) is 0.478. The first-order chi connectivity index (χ1) is 15.4. The minimum absolute atomic E-state index is 0.0463. The van der Waals surface area contributed by atoms with Crippen molar-refractivity contribution in [3.8, 4) is 0 Å². The van der Waals surface area contributed by atoms with E-state index in [1.54, 1.807) is 23.2 Å². The van der Waals surface area contributed by atoms with E-state index >= 15 is 0 Å². The van der Waals surface area contributed by atoms with Crippen LogP contribution in [-0.2, 0) is 28.0 Å². The molecule has 32 heavy (non-hydrogen) atoms. The maximum absolute atomic E-state index is 13.6. The highest BCUT2D eigenvalue weighted by atomic mass is 19.1. The van der Waals surface area contributed by atoms with Crippen molar-refractivity contribution in [3.05, 3.63) is 53.9 Å². The van der Waals surface area contributed by atoms with Crippen molar-refractivity contribution in [1.29, 1.82) is 0 Å². The summed E-state index contributed by atoms with van der Waals surface area (Å²) in [6, 6.07) is 6.24. The maximum Gasteiger partial charge on any atom is 0.228 e. The van der Waals surface area contributed by atoms with E-state index in [-0.39, 0.29) is 23.7 Å². The number of likely N-dealkylation sites (tertiary alicyclic amines) is 1. The minimum Gasteiger partial charge on any atom is -0.392 e. The number of rotatable bonds is 6. The summed E-state index contributed by atoms with van der Waals surface area (Å²) < 4.78 is 15.5. The van der Waals surface area contributed by atoms with Gasteiger partial charge in [0.15, 0.2) is 0 Å². The van der Waals surface area contributed by atoms with Crippen LogP contribution in [-0.4, -0.2) is 51.2 Å². The van der Waals surface area contributed by atoms with E-state index in [1.165, 1.54) is 19.1 Å².